The van der Waals surface area contributed by atoms with Crippen molar-refractivity contribution in [2.24, 2.45) is 0 Å². The first-order valence-corrected chi connectivity index (χ1v) is 11.4. The molecule has 0 aromatic heterocycles. The zero-order valence-electron chi connectivity index (χ0n) is 18.8. The largest absolute Gasteiger partial charge is 0.548 e. The van der Waals surface area contributed by atoms with Crippen LogP contribution in [0.25, 0.3) is 0 Å². The molecule has 0 aliphatic rings. The highest BCUT2D eigenvalue weighted by Gasteiger charge is 2.44. The lowest BCUT2D eigenvalue weighted by molar-refractivity contribution is -0.706. The zero-order valence-corrected chi connectivity index (χ0v) is 19.7. The number of hydrogen-bond acceptors (Lipinski definition) is 3. The van der Waals surface area contributed by atoms with Gasteiger partial charge in [-0.15, -0.1) is 0 Å². The number of hydrogen-bond donors (Lipinski definition) is 0. The second kappa shape index (κ2) is 9.13. The van der Waals surface area contributed by atoms with Crippen molar-refractivity contribution in [1.29, 1.82) is 0 Å². The van der Waals surface area contributed by atoms with Crippen molar-refractivity contribution < 1.29 is 19.2 Å². The highest BCUT2D eigenvalue weighted by molar-refractivity contribution is 7.87. The van der Waals surface area contributed by atoms with Crippen LogP contribution in [-0.4, -0.2) is 11.0 Å². The summed E-state index contributed by atoms with van der Waals surface area (Å²) in [6, 6.07) is 16.0. The Kier molecular flexibility index (Phi) is 6.74. The van der Waals surface area contributed by atoms with Crippen LogP contribution in [0.15, 0.2) is 54.6 Å². The monoisotopic (exact) mass is 434 g/mol. The highest BCUT2D eigenvalue weighted by atomic mass is 31.1. The van der Waals surface area contributed by atoms with E-state index in [2.05, 4.69) is 0 Å². The molecule has 0 saturated carbocycles. The van der Waals surface area contributed by atoms with Gasteiger partial charge in [0.05, 0.1) is 0 Å². The number of carbonyl (C=O) groups is 2. The maximum absolute atomic E-state index is 13.8. The zero-order chi connectivity index (χ0) is 22.9. The summed E-state index contributed by atoms with van der Waals surface area (Å²) >= 11 is 0. The van der Waals surface area contributed by atoms with Gasteiger partial charge in [-0.25, -0.2) is 0 Å². The summed E-state index contributed by atoms with van der Waals surface area (Å²) < 4.78 is 1.64. The van der Waals surface area contributed by atoms with E-state index in [0.717, 1.165) is 33.4 Å². The molecule has 0 aliphatic heterocycles. The van der Waals surface area contributed by atoms with Crippen molar-refractivity contribution in [1.82, 2.24) is 0 Å². The first-order valence-electron chi connectivity index (χ1n) is 10.1. The van der Waals surface area contributed by atoms with E-state index in [1.807, 2.05) is 65.8 Å². The third-order valence-electron chi connectivity index (χ3n) is 5.26. The Bertz CT molecular complexity index is 1040. The summed E-state index contributed by atoms with van der Waals surface area (Å²) in [5.41, 5.74) is 5.11. The molecule has 0 amide bonds. The smallest absolute Gasteiger partial charge is 0.412 e. The van der Waals surface area contributed by atoms with Gasteiger partial charge >= 0.3 is 8.15 Å². The van der Waals surface area contributed by atoms with Crippen LogP contribution in [-0.2, 0) is 4.30 Å². The van der Waals surface area contributed by atoms with E-state index in [1.165, 1.54) is 0 Å². The molecule has 5 heteroatoms. The van der Waals surface area contributed by atoms with Crippen molar-refractivity contribution in [3.8, 4) is 5.75 Å². The SMILES string of the molecule is Cc1cc(C)c(C(=O)P(C(=O)c2c(C)cc(C)cc2C)[O+]([O-])c2ccccc2)c(C)c1. The number of benzene rings is 3. The van der Waals surface area contributed by atoms with Crippen molar-refractivity contribution in [3.63, 3.8) is 0 Å². The van der Waals surface area contributed by atoms with Crippen LogP contribution in [0.4, 0.5) is 0 Å². The van der Waals surface area contributed by atoms with Gasteiger partial charge in [0.1, 0.15) is 0 Å². The molecule has 0 atom stereocenters. The summed E-state index contributed by atoms with van der Waals surface area (Å²) in [5, 5.41) is 13.4. The molecule has 0 unspecified atom stereocenters. The first kappa shape index (κ1) is 22.9. The normalized spacial score (nSPS) is 11.0. The van der Waals surface area contributed by atoms with Gasteiger partial charge < -0.3 is 9.56 Å². The molecule has 0 heterocycles. The molecule has 0 aliphatic carbocycles. The van der Waals surface area contributed by atoms with Gasteiger partial charge in [0.2, 0.25) is 0 Å². The minimum atomic E-state index is -2.44. The number of para-hydroxylation sites is 1. The summed E-state index contributed by atoms with van der Waals surface area (Å²) in [5.74, 6) is 0.222. The summed E-state index contributed by atoms with van der Waals surface area (Å²) in [4.78, 5) is 27.5. The quantitative estimate of drug-likeness (QED) is 0.202. The van der Waals surface area contributed by atoms with Crippen LogP contribution in [0.3, 0.4) is 0 Å². The molecule has 160 valence electrons. The van der Waals surface area contributed by atoms with E-state index >= 15 is 0 Å². The third-order valence-corrected chi connectivity index (χ3v) is 6.99. The maximum Gasteiger partial charge on any atom is 0.412 e. The summed E-state index contributed by atoms with van der Waals surface area (Å²) in [6.07, 6.45) is 0. The van der Waals surface area contributed by atoms with E-state index in [0.29, 0.717) is 11.1 Å². The van der Waals surface area contributed by atoms with Gasteiger partial charge in [0.25, 0.3) is 16.8 Å². The fourth-order valence-electron chi connectivity index (χ4n) is 4.12. The van der Waals surface area contributed by atoms with E-state index in [9.17, 15) is 14.8 Å². The Hall–Kier alpha value is -2.81. The van der Waals surface area contributed by atoms with Crippen LogP contribution in [0.5, 0.6) is 5.75 Å². The molecule has 0 radical (unpaired) electrons. The van der Waals surface area contributed by atoms with Crippen molar-refractivity contribution in [3.05, 3.63) is 99.1 Å². The lowest BCUT2D eigenvalue weighted by Gasteiger charge is -2.30. The van der Waals surface area contributed by atoms with E-state index in [4.69, 9.17) is 0 Å². The molecule has 3 aromatic rings. The lowest BCUT2D eigenvalue weighted by Crippen LogP contribution is -2.25. The van der Waals surface area contributed by atoms with Crippen LogP contribution >= 0.6 is 8.15 Å². The van der Waals surface area contributed by atoms with Crippen molar-refractivity contribution in [2.45, 2.75) is 41.5 Å². The molecule has 0 saturated heterocycles. The molecular formula is C26H27O4P. The van der Waals surface area contributed by atoms with Crippen LogP contribution in [0.2, 0.25) is 0 Å². The Labute approximate surface area is 185 Å². The average Bonchev–Trinajstić information content (AvgIpc) is 2.67. The number of rotatable bonds is 6. The fraction of sp³-hybridized carbons (Fsp3) is 0.231. The Morgan fingerprint density at radius 2 is 1.03 bits per heavy atom. The lowest BCUT2D eigenvalue weighted by atomic mass is 10.0. The molecular weight excluding hydrogens is 407 g/mol. The standard InChI is InChI=1S/C26H27O4P/c1-16-12-18(3)23(19(4)13-16)25(27)31(30(29)22-10-8-7-9-11-22)26(28)24-20(5)14-17(2)15-21(24)6/h7-15H,1-6H3. The fourth-order valence-corrected chi connectivity index (χ4v) is 6.05. The molecule has 3 aromatic carbocycles. The van der Waals surface area contributed by atoms with Crippen LogP contribution in [0, 0.1) is 41.5 Å². The van der Waals surface area contributed by atoms with Gasteiger partial charge in [-0.05, 0) is 63.8 Å². The van der Waals surface area contributed by atoms with Gasteiger partial charge in [0, 0.05) is 23.3 Å². The minimum Gasteiger partial charge on any atom is -0.548 e. The van der Waals surface area contributed by atoms with Gasteiger partial charge in [-0.1, -0.05) is 53.6 Å². The van der Waals surface area contributed by atoms with Gasteiger partial charge in [-0.2, -0.15) is 0 Å². The van der Waals surface area contributed by atoms with Gasteiger partial charge in [0.15, 0.2) is 0 Å². The van der Waals surface area contributed by atoms with E-state index in [1.54, 1.807) is 34.6 Å². The molecule has 31 heavy (non-hydrogen) atoms. The predicted molar refractivity (Wildman–Crippen MR) is 124 cm³/mol. The molecule has 4 nitrogen and oxygen atoms in total. The molecule has 0 fully saturated rings. The summed E-state index contributed by atoms with van der Waals surface area (Å²) in [7, 11) is -2.44. The topological polar surface area (TPSA) is 59.9 Å². The van der Waals surface area contributed by atoms with E-state index < -0.39 is 19.2 Å². The Balaban J connectivity index is 2.19. The Morgan fingerprint density at radius 1 is 0.677 bits per heavy atom. The predicted octanol–water partition coefficient (Wildman–Crippen LogP) is 6.16. The van der Waals surface area contributed by atoms with Crippen LogP contribution < -0.4 is 5.26 Å². The van der Waals surface area contributed by atoms with Crippen LogP contribution in [0.1, 0.15) is 54.1 Å². The van der Waals surface area contributed by atoms with E-state index in [-0.39, 0.29) is 5.75 Å². The van der Waals surface area contributed by atoms with Crippen molar-refractivity contribution >= 4 is 19.2 Å². The molecule has 0 N–H and O–H groups in total. The number of carbonyl (C=O) groups excluding carboxylic acids is 2. The number of aryl methyl sites for hydroxylation is 6. The molecule has 0 bridgehead atoms. The maximum atomic E-state index is 13.8. The second-order valence-electron chi connectivity index (χ2n) is 8.01. The molecule has 0 spiro atoms. The second-order valence-corrected chi connectivity index (χ2v) is 9.75. The molecule has 3 rings (SSSR count). The highest BCUT2D eigenvalue weighted by Crippen LogP contribution is 2.54. The summed E-state index contributed by atoms with van der Waals surface area (Å²) in [6.45, 7) is 11.3. The first-order chi connectivity index (χ1) is 14.6. The minimum absolute atomic E-state index is 0.222. The van der Waals surface area contributed by atoms with Crippen molar-refractivity contribution in [2.75, 3.05) is 0 Å². The van der Waals surface area contributed by atoms with Gasteiger partial charge in [-0.3, -0.25) is 9.59 Å². The third kappa shape index (κ3) is 4.61. The Morgan fingerprint density at radius 3 is 1.39 bits per heavy atom. The average molecular weight is 434 g/mol.